The number of hydrogen-bond donors (Lipinski definition) is 1. The van der Waals surface area contributed by atoms with Crippen molar-refractivity contribution in [1.29, 1.82) is 5.26 Å². The summed E-state index contributed by atoms with van der Waals surface area (Å²) in [5.74, 6) is -0.525. The van der Waals surface area contributed by atoms with E-state index in [1.54, 1.807) is 16.7 Å². The van der Waals surface area contributed by atoms with Crippen molar-refractivity contribution < 1.29 is 9.90 Å². The van der Waals surface area contributed by atoms with Gasteiger partial charge in [0, 0.05) is 13.1 Å². The Hall–Kier alpha value is -3.18. The average Bonchev–Trinajstić information content (AvgIpc) is 3.16. The molecular formula is C20H18N4O3S. The van der Waals surface area contributed by atoms with Crippen LogP contribution in [-0.4, -0.2) is 33.7 Å². The van der Waals surface area contributed by atoms with E-state index >= 15 is 0 Å². The Morgan fingerprint density at radius 2 is 2.00 bits per heavy atom. The highest BCUT2D eigenvalue weighted by Crippen LogP contribution is 2.26. The Morgan fingerprint density at radius 1 is 1.25 bits per heavy atom. The molecule has 0 unspecified atom stereocenters. The zero-order valence-corrected chi connectivity index (χ0v) is 15.9. The fourth-order valence-electron chi connectivity index (χ4n) is 3.52. The molecule has 0 bridgehead atoms. The minimum atomic E-state index is -1.07. The number of piperidine rings is 1. The van der Waals surface area contributed by atoms with Gasteiger partial charge in [0.2, 0.25) is 5.95 Å². The van der Waals surface area contributed by atoms with Gasteiger partial charge in [-0.15, -0.1) is 11.3 Å². The Kier molecular flexibility index (Phi) is 4.84. The molecule has 3 aromatic rings. The number of thiophene rings is 1. The van der Waals surface area contributed by atoms with Gasteiger partial charge in [0.25, 0.3) is 5.56 Å². The van der Waals surface area contributed by atoms with Crippen LogP contribution in [0.4, 0.5) is 5.95 Å². The first-order valence-electron chi connectivity index (χ1n) is 9.09. The van der Waals surface area contributed by atoms with Crippen LogP contribution in [0.3, 0.4) is 0 Å². The number of nitrogens with zero attached hydrogens (tertiary/aromatic N) is 4. The molecule has 1 fully saturated rings. The molecule has 0 radical (unpaired) electrons. The molecule has 1 saturated heterocycles. The minimum absolute atomic E-state index is 0.0966. The number of aromatic carboxylic acids is 1. The molecule has 3 heterocycles. The third kappa shape index (κ3) is 3.25. The predicted molar refractivity (Wildman–Crippen MR) is 107 cm³/mol. The number of benzene rings is 1. The van der Waals surface area contributed by atoms with Gasteiger partial charge in [-0.1, -0.05) is 18.2 Å². The molecule has 0 amide bonds. The van der Waals surface area contributed by atoms with Crippen molar-refractivity contribution in [1.82, 2.24) is 9.55 Å². The molecule has 8 heteroatoms. The van der Waals surface area contributed by atoms with Gasteiger partial charge in [0.05, 0.1) is 23.7 Å². The van der Waals surface area contributed by atoms with Crippen molar-refractivity contribution in [3.8, 4) is 6.07 Å². The second-order valence-corrected chi connectivity index (χ2v) is 7.80. The number of carbonyl (C=O) groups is 1. The maximum Gasteiger partial charge on any atom is 0.345 e. The van der Waals surface area contributed by atoms with Crippen LogP contribution in [0.2, 0.25) is 0 Å². The fourth-order valence-corrected chi connectivity index (χ4v) is 4.40. The van der Waals surface area contributed by atoms with Crippen LogP contribution < -0.4 is 10.5 Å². The molecule has 0 spiro atoms. The second kappa shape index (κ2) is 7.44. The van der Waals surface area contributed by atoms with Crippen molar-refractivity contribution in [3.63, 3.8) is 0 Å². The van der Waals surface area contributed by atoms with E-state index in [2.05, 4.69) is 16.0 Å². The average molecular weight is 394 g/mol. The van der Waals surface area contributed by atoms with Crippen LogP contribution in [0.15, 0.2) is 35.1 Å². The largest absolute Gasteiger partial charge is 0.477 e. The first kappa shape index (κ1) is 18.2. The number of fused-ring (bicyclic) bond motifs is 1. The summed E-state index contributed by atoms with van der Waals surface area (Å²) in [5.41, 5.74) is 1.40. The summed E-state index contributed by atoms with van der Waals surface area (Å²) in [6, 6.07) is 10.8. The molecule has 2 aromatic heterocycles. The molecule has 7 nitrogen and oxygen atoms in total. The Bertz CT molecular complexity index is 1150. The molecular weight excluding hydrogens is 376 g/mol. The highest BCUT2D eigenvalue weighted by atomic mass is 32.1. The van der Waals surface area contributed by atoms with Crippen LogP contribution in [0.1, 0.15) is 40.1 Å². The Labute approximate surface area is 165 Å². The lowest BCUT2D eigenvalue weighted by molar-refractivity contribution is 0.0702. The maximum absolute atomic E-state index is 13.3. The third-order valence-electron chi connectivity index (χ3n) is 4.93. The number of anilines is 1. The van der Waals surface area contributed by atoms with Crippen molar-refractivity contribution in [2.24, 2.45) is 0 Å². The highest BCUT2D eigenvalue weighted by molar-refractivity contribution is 7.20. The van der Waals surface area contributed by atoms with E-state index in [9.17, 15) is 20.0 Å². The topological polar surface area (TPSA) is 99.2 Å². The van der Waals surface area contributed by atoms with E-state index in [0.29, 0.717) is 21.7 Å². The van der Waals surface area contributed by atoms with Crippen LogP contribution in [0.25, 0.3) is 10.2 Å². The van der Waals surface area contributed by atoms with E-state index < -0.39 is 5.97 Å². The molecule has 1 aliphatic rings. The lowest BCUT2D eigenvalue weighted by Gasteiger charge is -2.29. The Balaban J connectivity index is 1.91. The zero-order chi connectivity index (χ0) is 19.7. The maximum atomic E-state index is 13.3. The normalized spacial score (nSPS) is 14.2. The van der Waals surface area contributed by atoms with Crippen LogP contribution in [0.5, 0.6) is 0 Å². The Morgan fingerprint density at radius 3 is 2.71 bits per heavy atom. The van der Waals surface area contributed by atoms with Gasteiger partial charge in [-0.25, -0.2) is 9.78 Å². The third-order valence-corrected chi connectivity index (χ3v) is 6.03. The summed E-state index contributed by atoms with van der Waals surface area (Å²) in [7, 11) is 0. The SMILES string of the molecule is N#Cc1ccccc1Cn1c(N2CCCCC2)nc2cc(C(=O)O)sc2c1=O. The molecule has 0 aliphatic carbocycles. The zero-order valence-electron chi connectivity index (χ0n) is 15.1. The van der Waals surface area contributed by atoms with Gasteiger partial charge in [-0.05, 0) is 37.0 Å². The van der Waals surface area contributed by atoms with Crippen LogP contribution in [0, 0.1) is 11.3 Å². The van der Waals surface area contributed by atoms with E-state index in [4.69, 9.17) is 0 Å². The van der Waals surface area contributed by atoms with E-state index in [0.717, 1.165) is 49.3 Å². The monoisotopic (exact) mass is 394 g/mol. The number of hydrogen-bond acceptors (Lipinski definition) is 6. The summed E-state index contributed by atoms with van der Waals surface area (Å²) < 4.78 is 1.90. The van der Waals surface area contributed by atoms with Gasteiger partial charge < -0.3 is 10.0 Å². The standard InChI is InChI=1S/C20H18N4O3S/c21-11-13-6-2-3-7-14(13)12-24-18(25)17-15(10-16(28-17)19(26)27)22-20(24)23-8-4-1-5-9-23/h2-3,6-7,10H,1,4-5,8-9,12H2,(H,26,27). The molecule has 1 aliphatic heterocycles. The molecule has 142 valence electrons. The quantitative estimate of drug-likeness (QED) is 0.730. The minimum Gasteiger partial charge on any atom is -0.477 e. The van der Waals surface area contributed by atoms with E-state index in [1.807, 2.05) is 12.1 Å². The number of nitriles is 1. The smallest absolute Gasteiger partial charge is 0.345 e. The van der Waals surface area contributed by atoms with E-state index in [-0.39, 0.29) is 17.0 Å². The van der Waals surface area contributed by atoms with Gasteiger partial charge in [0.1, 0.15) is 9.58 Å². The van der Waals surface area contributed by atoms with Gasteiger partial charge in [-0.2, -0.15) is 5.26 Å². The molecule has 1 N–H and O–H groups in total. The van der Waals surface area contributed by atoms with Gasteiger partial charge >= 0.3 is 5.97 Å². The lowest BCUT2D eigenvalue weighted by atomic mass is 10.1. The van der Waals surface area contributed by atoms with Crippen molar-refractivity contribution in [2.45, 2.75) is 25.8 Å². The first-order valence-corrected chi connectivity index (χ1v) is 9.91. The summed E-state index contributed by atoms with van der Waals surface area (Å²) in [4.78, 5) is 31.5. The fraction of sp³-hybridized carbons (Fsp3) is 0.300. The summed E-state index contributed by atoms with van der Waals surface area (Å²) >= 11 is 0.943. The molecule has 1 aromatic carbocycles. The van der Waals surface area contributed by atoms with Crippen LogP contribution >= 0.6 is 11.3 Å². The molecule has 28 heavy (non-hydrogen) atoms. The van der Waals surface area contributed by atoms with E-state index in [1.165, 1.54) is 6.07 Å². The summed E-state index contributed by atoms with van der Waals surface area (Å²) in [6.07, 6.45) is 3.18. The highest BCUT2D eigenvalue weighted by Gasteiger charge is 2.22. The van der Waals surface area contributed by atoms with Gasteiger partial charge in [0.15, 0.2) is 0 Å². The van der Waals surface area contributed by atoms with Gasteiger partial charge in [-0.3, -0.25) is 9.36 Å². The molecule has 0 atom stereocenters. The van der Waals surface area contributed by atoms with Crippen molar-refractivity contribution >= 4 is 33.5 Å². The predicted octanol–water partition coefficient (Wildman–Crippen LogP) is 3.07. The summed E-state index contributed by atoms with van der Waals surface area (Å²) in [6.45, 7) is 1.82. The number of aromatic nitrogens is 2. The lowest BCUT2D eigenvalue weighted by Crippen LogP contribution is -2.36. The first-order chi connectivity index (χ1) is 13.6. The van der Waals surface area contributed by atoms with Crippen molar-refractivity contribution in [3.05, 3.63) is 56.7 Å². The molecule has 0 saturated carbocycles. The molecule has 4 rings (SSSR count). The van der Waals surface area contributed by atoms with Crippen LogP contribution in [-0.2, 0) is 6.54 Å². The second-order valence-electron chi connectivity index (χ2n) is 6.75. The number of rotatable bonds is 4. The number of carboxylic acid groups (broad SMARTS) is 1. The summed E-state index contributed by atoms with van der Waals surface area (Å²) in [5, 5.41) is 18.7. The van der Waals surface area contributed by atoms with Crippen molar-refractivity contribution in [2.75, 3.05) is 18.0 Å². The number of carboxylic acids is 1.